The second kappa shape index (κ2) is 3.82. The highest BCUT2D eigenvalue weighted by molar-refractivity contribution is 6.06. The average molecular weight is 235 g/mol. The summed E-state index contributed by atoms with van der Waals surface area (Å²) in [6, 6.07) is 7.00. The molecule has 0 saturated carbocycles. The zero-order valence-electron chi connectivity index (χ0n) is 10.2. The van der Waals surface area contributed by atoms with Crippen LogP contribution in [-0.4, -0.2) is 29.3 Å². The minimum Gasteiger partial charge on any atom is -0.389 e. The van der Waals surface area contributed by atoms with Crippen LogP contribution in [0.15, 0.2) is 24.3 Å². The Labute approximate surface area is 100 Å². The van der Waals surface area contributed by atoms with Crippen LogP contribution in [0.1, 0.15) is 19.4 Å². The van der Waals surface area contributed by atoms with Crippen LogP contribution >= 0.6 is 0 Å². The van der Waals surface area contributed by atoms with Crippen LogP contribution in [0.4, 0.5) is 5.69 Å². The van der Waals surface area contributed by atoms with Gasteiger partial charge < -0.3 is 15.1 Å². The molecule has 1 aliphatic rings. The second-order valence-corrected chi connectivity index (χ2v) is 4.84. The van der Waals surface area contributed by atoms with Crippen molar-refractivity contribution < 1.29 is 15.0 Å². The van der Waals surface area contributed by atoms with Gasteiger partial charge in [0.05, 0.1) is 11.8 Å². The van der Waals surface area contributed by atoms with Crippen LogP contribution in [0.5, 0.6) is 0 Å². The maximum Gasteiger partial charge on any atom is 0.266 e. The molecule has 1 aromatic carbocycles. The van der Waals surface area contributed by atoms with Crippen molar-refractivity contribution in [3.8, 4) is 0 Å². The summed E-state index contributed by atoms with van der Waals surface area (Å²) in [6.07, 6.45) is -1.11. The van der Waals surface area contributed by atoms with E-state index in [1.54, 1.807) is 45.2 Å². The molecule has 0 saturated heterocycles. The molecule has 4 heteroatoms. The summed E-state index contributed by atoms with van der Waals surface area (Å²) in [5.74, 6) is -0.677. The van der Waals surface area contributed by atoms with Gasteiger partial charge in [-0.05, 0) is 12.0 Å². The van der Waals surface area contributed by atoms with Crippen molar-refractivity contribution in [1.82, 2.24) is 0 Å². The number of anilines is 1. The molecule has 2 atom stereocenters. The number of para-hydroxylation sites is 1. The van der Waals surface area contributed by atoms with E-state index >= 15 is 0 Å². The highest BCUT2D eigenvalue weighted by atomic mass is 16.4. The number of rotatable bonds is 2. The molecule has 2 rings (SSSR count). The fourth-order valence-corrected chi connectivity index (χ4v) is 2.34. The average Bonchev–Trinajstić information content (AvgIpc) is 2.52. The monoisotopic (exact) mass is 235 g/mol. The van der Waals surface area contributed by atoms with E-state index in [0.717, 1.165) is 0 Å². The molecule has 1 aliphatic heterocycles. The van der Waals surface area contributed by atoms with Crippen LogP contribution in [0.2, 0.25) is 0 Å². The predicted octanol–water partition coefficient (Wildman–Crippen LogP) is 0.867. The molecule has 0 radical (unpaired) electrons. The second-order valence-electron chi connectivity index (χ2n) is 4.84. The number of hydrogen-bond donors (Lipinski definition) is 2. The summed E-state index contributed by atoms with van der Waals surface area (Å²) in [5.41, 5.74) is -0.687. The molecule has 2 unspecified atom stereocenters. The van der Waals surface area contributed by atoms with Gasteiger partial charge >= 0.3 is 0 Å². The van der Waals surface area contributed by atoms with Gasteiger partial charge in [0, 0.05) is 12.6 Å². The first-order valence-electron chi connectivity index (χ1n) is 5.68. The number of fused-ring (bicyclic) bond motifs is 1. The Morgan fingerprint density at radius 3 is 2.47 bits per heavy atom. The van der Waals surface area contributed by atoms with Gasteiger partial charge in [0.1, 0.15) is 0 Å². The van der Waals surface area contributed by atoms with Crippen LogP contribution in [-0.2, 0) is 10.4 Å². The summed E-state index contributed by atoms with van der Waals surface area (Å²) in [4.78, 5) is 13.5. The van der Waals surface area contributed by atoms with Gasteiger partial charge in [-0.2, -0.15) is 0 Å². The molecule has 1 amide bonds. The third kappa shape index (κ3) is 1.48. The maximum atomic E-state index is 12.1. The summed E-state index contributed by atoms with van der Waals surface area (Å²) < 4.78 is 0. The van der Waals surface area contributed by atoms with Gasteiger partial charge in [-0.15, -0.1) is 0 Å². The summed E-state index contributed by atoms with van der Waals surface area (Å²) in [5, 5.41) is 20.7. The number of hydrogen-bond acceptors (Lipinski definition) is 3. The van der Waals surface area contributed by atoms with E-state index < -0.39 is 17.6 Å². The number of amides is 1. The highest BCUT2D eigenvalue weighted by Crippen LogP contribution is 2.42. The number of carbonyl (C=O) groups excluding carboxylic acids is 1. The summed E-state index contributed by atoms with van der Waals surface area (Å²) in [6.45, 7) is 3.55. The van der Waals surface area contributed by atoms with Crippen molar-refractivity contribution in [2.75, 3.05) is 11.9 Å². The molecule has 4 nitrogen and oxygen atoms in total. The standard InChI is InChI=1S/C13H17NO3/c1-8(2)11(15)13(17)9-6-4-5-7-10(9)14(3)12(13)16/h4-8,11,15,17H,1-3H3. The van der Waals surface area contributed by atoms with Crippen molar-refractivity contribution in [1.29, 1.82) is 0 Å². The first-order chi connectivity index (χ1) is 7.90. The molecule has 1 heterocycles. The van der Waals surface area contributed by atoms with Crippen molar-refractivity contribution in [3.63, 3.8) is 0 Å². The predicted molar refractivity (Wildman–Crippen MR) is 64.6 cm³/mol. The van der Waals surface area contributed by atoms with Crippen molar-refractivity contribution in [2.45, 2.75) is 25.6 Å². The maximum absolute atomic E-state index is 12.1. The Morgan fingerprint density at radius 2 is 1.88 bits per heavy atom. The zero-order chi connectivity index (χ0) is 12.8. The molecule has 0 bridgehead atoms. The van der Waals surface area contributed by atoms with Gasteiger partial charge in [0.25, 0.3) is 5.91 Å². The van der Waals surface area contributed by atoms with Crippen LogP contribution in [0.3, 0.4) is 0 Å². The molecule has 0 fully saturated rings. The largest absolute Gasteiger partial charge is 0.389 e. The van der Waals surface area contributed by atoms with Gasteiger partial charge in [0.15, 0.2) is 5.60 Å². The zero-order valence-corrected chi connectivity index (χ0v) is 10.2. The lowest BCUT2D eigenvalue weighted by Crippen LogP contribution is -2.49. The first-order valence-corrected chi connectivity index (χ1v) is 5.68. The van der Waals surface area contributed by atoms with Gasteiger partial charge in [-0.3, -0.25) is 4.79 Å². The Bertz CT molecular complexity index is 458. The SMILES string of the molecule is CC(C)C(O)C1(O)C(=O)N(C)c2ccccc21. The van der Waals surface area contributed by atoms with Crippen molar-refractivity contribution >= 4 is 11.6 Å². The Hall–Kier alpha value is -1.39. The topological polar surface area (TPSA) is 60.8 Å². The van der Waals surface area contributed by atoms with Gasteiger partial charge in [0.2, 0.25) is 0 Å². The fourth-order valence-electron chi connectivity index (χ4n) is 2.34. The van der Waals surface area contributed by atoms with E-state index in [4.69, 9.17) is 0 Å². The molecule has 17 heavy (non-hydrogen) atoms. The Balaban J connectivity index is 2.59. The van der Waals surface area contributed by atoms with E-state index in [2.05, 4.69) is 0 Å². The highest BCUT2D eigenvalue weighted by Gasteiger charge is 2.54. The van der Waals surface area contributed by atoms with E-state index in [-0.39, 0.29) is 5.92 Å². The lowest BCUT2D eigenvalue weighted by molar-refractivity contribution is -0.153. The Morgan fingerprint density at radius 1 is 1.29 bits per heavy atom. The number of benzene rings is 1. The Kier molecular flexibility index (Phi) is 2.72. The molecular formula is C13H17NO3. The lowest BCUT2D eigenvalue weighted by atomic mass is 9.84. The quantitative estimate of drug-likeness (QED) is 0.799. The number of aliphatic hydroxyl groups excluding tert-OH is 1. The molecular weight excluding hydrogens is 218 g/mol. The molecule has 0 spiro atoms. The summed E-state index contributed by atoms with van der Waals surface area (Å²) >= 11 is 0. The smallest absolute Gasteiger partial charge is 0.266 e. The number of carbonyl (C=O) groups is 1. The molecule has 0 aromatic heterocycles. The molecule has 0 aliphatic carbocycles. The molecule has 2 N–H and O–H groups in total. The van der Waals surface area contributed by atoms with Crippen LogP contribution in [0, 0.1) is 5.92 Å². The van der Waals surface area contributed by atoms with E-state index in [1.807, 2.05) is 0 Å². The number of nitrogens with zero attached hydrogens (tertiary/aromatic N) is 1. The van der Waals surface area contributed by atoms with E-state index in [0.29, 0.717) is 11.3 Å². The van der Waals surface area contributed by atoms with E-state index in [1.165, 1.54) is 4.90 Å². The minimum atomic E-state index is -1.82. The normalized spacial score (nSPS) is 25.3. The van der Waals surface area contributed by atoms with Crippen molar-refractivity contribution in [2.24, 2.45) is 5.92 Å². The van der Waals surface area contributed by atoms with Crippen molar-refractivity contribution in [3.05, 3.63) is 29.8 Å². The van der Waals surface area contributed by atoms with Crippen LogP contribution in [0.25, 0.3) is 0 Å². The minimum absolute atomic E-state index is 0.205. The lowest BCUT2D eigenvalue weighted by Gasteiger charge is -2.30. The van der Waals surface area contributed by atoms with Gasteiger partial charge in [-0.1, -0.05) is 32.0 Å². The fraction of sp³-hybridized carbons (Fsp3) is 0.462. The molecule has 92 valence electrons. The number of aliphatic hydroxyl groups is 2. The third-order valence-corrected chi connectivity index (χ3v) is 3.37. The first kappa shape index (κ1) is 12.1. The van der Waals surface area contributed by atoms with Gasteiger partial charge in [-0.25, -0.2) is 0 Å². The third-order valence-electron chi connectivity index (χ3n) is 3.37. The van der Waals surface area contributed by atoms with E-state index in [9.17, 15) is 15.0 Å². The van der Waals surface area contributed by atoms with Crippen LogP contribution < -0.4 is 4.90 Å². The summed E-state index contributed by atoms with van der Waals surface area (Å²) in [7, 11) is 1.60. The number of likely N-dealkylation sites (N-methyl/N-ethyl adjacent to an activating group) is 1. The molecule has 1 aromatic rings.